The molecule has 1 atom stereocenters. The largest absolute Gasteiger partial charge is 0.503 e. The fraction of sp³-hybridized carbons (Fsp3) is 0.360. The summed E-state index contributed by atoms with van der Waals surface area (Å²) in [6.45, 7) is 5.29. The number of benzene rings is 2. The van der Waals surface area contributed by atoms with Crippen molar-refractivity contribution in [3.63, 3.8) is 0 Å². The summed E-state index contributed by atoms with van der Waals surface area (Å²) < 4.78 is 10.8. The van der Waals surface area contributed by atoms with Gasteiger partial charge in [0.1, 0.15) is 0 Å². The highest BCUT2D eigenvalue weighted by Crippen LogP contribution is 2.45. The van der Waals surface area contributed by atoms with Gasteiger partial charge in [-0.15, -0.1) is 0 Å². The molecule has 0 spiro atoms. The smallest absolute Gasteiger partial charge is 0.294 e. The molecule has 7 nitrogen and oxygen atoms in total. The van der Waals surface area contributed by atoms with E-state index in [9.17, 15) is 14.7 Å². The van der Waals surface area contributed by atoms with E-state index in [1.165, 1.54) is 19.1 Å². The Morgan fingerprint density at radius 1 is 1.00 bits per heavy atom. The SMILES string of the molecule is COc1ccc(C2C(C(=O)C(C)(C)C)=C(O)C(=O)N2c2ccc(N(C)C)cc2)cc1OC. The Hall–Kier alpha value is -3.48. The number of hydrogen-bond acceptors (Lipinski definition) is 6. The third kappa shape index (κ3) is 4.02. The van der Waals surface area contributed by atoms with Crippen molar-refractivity contribution in [2.45, 2.75) is 26.8 Å². The van der Waals surface area contributed by atoms with Crippen LogP contribution in [0.4, 0.5) is 11.4 Å². The van der Waals surface area contributed by atoms with E-state index in [4.69, 9.17) is 9.47 Å². The Morgan fingerprint density at radius 3 is 2.09 bits per heavy atom. The second-order valence-corrected chi connectivity index (χ2v) is 8.94. The zero-order valence-corrected chi connectivity index (χ0v) is 19.6. The van der Waals surface area contributed by atoms with Crippen molar-refractivity contribution in [1.29, 1.82) is 0 Å². The van der Waals surface area contributed by atoms with Gasteiger partial charge in [-0.25, -0.2) is 0 Å². The third-order valence-corrected chi connectivity index (χ3v) is 5.50. The maximum Gasteiger partial charge on any atom is 0.294 e. The molecule has 3 rings (SSSR count). The third-order valence-electron chi connectivity index (χ3n) is 5.50. The molecule has 32 heavy (non-hydrogen) atoms. The summed E-state index contributed by atoms with van der Waals surface area (Å²) in [5.74, 6) is -0.444. The number of carbonyl (C=O) groups is 2. The van der Waals surface area contributed by atoms with Gasteiger partial charge in [0.05, 0.1) is 25.8 Å². The molecule has 1 aliphatic rings. The first-order chi connectivity index (χ1) is 15.0. The van der Waals surface area contributed by atoms with Crippen molar-refractivity contribution in [3.05, 3.63) is 59.4 Å². The van der Waals surface area contributed by atoms with Crippen molar-refractivity contribution < 1.29 is 24.2 Å². The highest BCUT2D eigenvalue weighted by molar-refractivity contribution is 6.17. The standard InChI is InChI=1S/C25H30N2O5/c1-25(2,3)23(29)20-21(15-8-13-18(31-6)19(14-15)32-7)27(24(30)22(20)28)17-11-9-16(10-12-17)26(4)5/h8-14,21,28H,1-7H3. The first-order valence-electron chi connectivity index (χ1n) is 10.3. The maximum atomic E-state index is 13.3. The molecule has 2 aromatic rings. The van der Waals surface area contributed by atoms with Gasteiger partial charge < -0.3 is 19.5 Å². The molecule has 1 amide bonds. The number of methoxy groups -OCH3 is 2. The number of aliphatic hydroxyl groups excluding tert-OH is 1. The molecule has 1 N–H and O–H groups in total. The number of rotatable bonds is 6. The van der Waals surface area contributed by atoms with Crippen LogP contribution in [-0.4, -0.2) is 45.1 Å². The molecule has 1 aliphatic heterocycles. The van der Waals surface area contributed by atoms with Crippen molar-refractivity contribution in [3.8, 4) is 11.5 Å². The number of Topliss-reactive ketones (excluding diaryl/α,β-unsaturated/α-hetero) is 1. The van der Waals surface area contributed by atoms with E-state index in [0.717, 1.165) is 5.69 Å². The van der Waals surface area contributed by atoms with Gasteiger partial charge in [0.15, 0.2) is 23.0 Å². The van der Waals surface area contributed by atoms with Gasteiger partial charge in [-0.05, 0) is 42.0 Å². The molecule has 0 fully saturated rings. The Balaban J connectivity index is 2.21. The number of ether oxygens (including phenoxy) is 2. The normalized spacial score (nSPS) is 16.4. The lowest BCUT2D eigenvalue weighted by molar-refractivity contribution is -0.123. The lowest BCUT2D eigenvalue weighted by Crippen LogP contribution is -2.32. The molecule has 1 heterocycles. The average Bonchev–Trinajstić information content (AvgIpc) is 3.02. The van der Waals surface area contributed by atoms with Crippen LogP contribution < -0.4 is 19.3 Å². The molecular formula is C25H30N2O5. The van der Waals surface area contributed by atoms with Gasteiger partial charge in [-0.3, -0.25) is 14.5 Å². The summed E-state index contributed by atoms with van der Waals surface area (Å²) in [6, 6.07) is 11.8. The Morgan fingerprint density at radius 2 is 1.59 bits per heavy atom. The van der Waals surface area contributed by atoms with Gasteiger partial charge in [0.2, 0.25) is 0 Å². The van der Waals surface area contributed by atoms with Crippen LogP contribution in [0.1, 0.15) is 32.4 Å². The number of anilines is 2. The Kier molecular flexibility index (Phi) is 6.21. The van der Waals surface area contributed by atoms with Crippen molar-refractivity contribution in [1.82, 2.24) is 0 Å². The molecule has 0 saturated carbocycles. The zero-order valence-electron chi connectivity index (χ0n) is 19.6. The monoisotopic (exact) mass is 438 g/mol. The molecular weight excluding hydrogens is 408 g/mol. The molecule has 0 bridgehead atoms. The predicted octanol–water partition coefficient (Wildman–Crippen LogP) is 4.29. The van der Waals surface area contributed by atoms with E-state index in [0.29, 0.717) is 22.7 Å². The van der Waals surface area contributed by atoms with Gasteiger partial charge >= 0.3 is 0 Å². The van der Waals surface area contributed by atoms with Crippen LogP contribution in [0.25, 0.3) is 0 Å². The predicted molar refractivity (Wildman–Crippen MR) is 125 cm³/mol. The molecule has 2 aromatic carbocycles. The number of aliphatic hydroxyl groups is 1. The number of carbonyl (C=O) groups excluding carboxylic acids is 2. The van der Waals surface area contributed by atoms with Crippen LogP contribution in [0.2, 0.25) is 0 Å². The second-order valence-electron chi connectivity index (χ2n) is 8.94. The van der Waals surface area contributed by atoms with Crippen LogP contribution in [0.3, 0.4) is 0 Å². The summed E-state index contributed by atoms with van der Waals surface area (Å²) in [6.07, 6.45) is 0. The fourth-order valence-corrected chi connectivity index (χ4v) is 3.76. The summed E-state index contributed by atoms with van der Waals surface area (Å²) in [4.78, 5) is 30.0. The lowest BCUT2D eigenvalue weighted by atomic mass is 9.82. The first-order valence-corrected chi connectivity index (χ1v) is 10.3. The highest BCUT2D eigenvalue weighted by Gasteiger charge is 2.46. The van der Waals surface area contributed by atoms with E-state index in [-0.39, 0.29) is 11.4 Å². The topological polar surface area (TPSA) is 79.3 Å². The van der Waals surface area contributed by atoms with E-state index in [1.807, 2.05) is 31.1 Å². The molecule has 0 radical (unpaired) electrons. The minimum Gasteiger partial charge on any atom is -0.503 e. The molecule has 7 heteroatoms. The minimum absolute atomic E-state index is 0.0754. The summed E-state index contributed by atoms with van der Waals surface area (Å²) in [7, 11) is 6.91. The van der Waals surface area contributed by atoms with Crippen molar-refractivity contribution in [2.24, 2.45) is 5.41 Å². The van der Waals surface area contributed by atoms with Gasteiger partial charge in [-0.1, -0.05) is 26.8 Å². The van der Waals surface area contributed by atoms with E-state index in [2.05, 4.69) is 0 Å². The summed E-state index contributed by atoms with van der Waals surface area (Å²) in [5, 5.41) is 10.8. The average molecular weight is 439 g/mol. The molecule has 0 saturated heterocycles. The maximum absolute atomic E-state index is 13.3. The van der Waals surface area contributed by atoms with Crippen molar-refractivity contribution >= 4 is 23.1 Å². The lowest BCUT2D eigenvalue weighted by Gasteiger charge is -2.29. The number of amides is 1. The van der Waals surface area contributed by atoms with Crippen LogP contribution in [0.15, 0.2) is 53.8 Å². The Labute approximate surface area is 188 Å². The van der Waals surface area contributed by atoms with Gasteiger partial charge in [-0.2, -0.15) is 0 Å². The van der Waals surface area contributed by atoms with Crippen LogP contribution in [-0.2, 0) is 9.59 Å². The minimum atomic E-state index is -0.806. The van der Waals surface area contributed by atoms with Crippen LogP contribution >= 0.6 is 0 Å². The molecule has 0 aliphatic carbocycles. The zero-order chi connectivity index (χ0) is 23.8. The first kappa shape index (κ1) is 23.2. The molecule has 170 valence electrons. The van der Waals surface area contributed by atoms with Crippen LogP contribution in [0.5, 0.6) is 11.5 Å². The quantitative estimate of drug-likeness (QED) is 0.725. The number of hydrogen-bond donors (Lipinski definition) is 1. The van der Waals surface area contributed by atoms with Crippen molar-refractivity contribution in [2.75, 3.05) is 38.1 Å². The van der Waals surface area contributed by atoms with Gasteiger partial charge in [0, 0.05) is 30.9 Å². The highest BCUT2D eigenvalue weighted by atomic mass is 16.5. The van der Waals surface area contributed by atoms with E-state index < -0.39 is 23.1 Å². The number of ketones is 1. The van der Waals surface area contributed by atoms with E-state index in [1.54, 1.807) is 51.1 Å². The van der Waals surface area contributed by atoms with Gasteiger partial charge in [0.25, 0.3) is 5.91 Å². The fourth-order valence-electron chi connectivity index (χ4n) is 3.76. The van der Waals surface area contributed by atoms with E-state index >= 15 is 0 Å². The number of nitrogens with zero attached hydrogens (tertiary/aromatic N) is 2. The second kappa shape index (κ2) is 8.57. The van der Waals surface area contributed by atoms with Crippen LogP contribution in [0, 0.1) is 5.41 Å². The summed E-state index contributed by atoms with van der Waals surface area (Å²) >= 11 is 0. The summed E-state index contributed by atoms with van der Waals surface area (Å²) in [5.41, 5.74) is 1.45. The molecule has 1 unspecified atom stereocenters. The molecule has 0 aromatic heterocycles. The Bertz CT molecular complexity index is 1060.